The minimum atomic E-state index is -0.929. The summed E-state index contributed by atoms with van der Waals surface area (Å²) in [6, 6.07) is 6.85. The number of carboxylic acid groups (broad SMARTS) is 1. The van der Waals surface area contributed by atoms with E-state index < -0.39 is 5.97 Å². The number of anilines is 1. The number of carboxylic acids is 1. The SMILES string of the molecule is C=CCN(CCC(=O)Nc1cccc(Cl)c1)CC(=O)O. The zero-order valence-electron chi connectivity index (χ0n) is 11.0. The van der Waals surface area contributed by atoms with Gasteiger partial charge in [0.2, 0.25) is 5.91 Å². The summed E-state index contributed by atoms with van der Waals surface area (Å²) in [5.41, 5.74) is 0.621. The van der Waals surface area contributed by atoms with E-state index in [0.29, 0.717) is 23.8 Å². The van der Waals surface area contributed by atoms with Gasteiger partial charge in [-0.15, -0.1) is 6.58 Å². The Kier molecular flexibility index (Phi) is 6.76. The minimum Gasteiger partial charge on any atom is -0.480 e. The van der Waals surface area contributed by atoms with Gasteiger partial charge in [0.15, 0.2) is 0 Å². The highest BCUT2D eigenvalue weighted by Crippen LogP contribution is 2.14. The Morgan fingerprint density at radius 1 is 1.45 bits per heavy atom. The quantitative estimate of drug-likeness (QED) is 0.722. The number of carbonyl (C=O) groups excluding carboxylic acids is 1. The number of benzene rings is 1. The van der Waals surface area contributed by atoms with Gasteiger partial charge in [0, 0.05) is 30.2 Å². The first-order valence-corrected chi connectivity index (χ1v) is 6.49. The summed E-state index contributed by atoms with van der Waals surface area (Å²) in [5, 5.41) is 12.0. The average molecular weight is 297 g/mol. The van der Waals surface area contributed by atoms with Crippen LogP contribution < -0.4 is 5.32 Å². The summed E-state index contributed by atoms with van der Waals surface area (Å²) in [5.74, 6) is -1.12. The lowest BCUT2D eigenvalue weighted by molar-refractivity contribution is -0.138. The van der Waals surface area contributed by atoms with Crippen molar-refractivity contribution in [2.45, 2.75) is 6.42 Å². The predicted molar refractivity (Wildman–Crippen MR) is 79.0 cm³/mol. The van der Waals surface area contributed by atoms with Gasteiger partial charge in [-0.1, -0.05) is 23.7 Å². The summed E-state index contributed by atoms with van der Waals surface area (Å²) >= 11 is 5.82. The molecule has 1 amide bonds. The molecule has 0 aromatic heterocycles. The van der Waals surface area contributed by atoms with Crippen molar-refractivity contribution in [1.82, 2.24) is 4.90 Å². The molecule has 0 bridgehead atoms. The van der Waals surface area contributed by atoms with Gasteiger partial charge in [-0.25, -0.2) is 0 Å². The van der Waals surface area contributed by atoms with Gasteiger partial charge in [0.25, 0.3) is 0 Å². The lowest BCUT2D eigenvalue weighted by atomic mass is 10.3. The van der Waals surface area contributed by atoms with Crippen molar-refractivity contribution in [2.24, 2.45) is 0 Å². The molecule has 0 saturated heterocycles. The lowest BCUT2D eigenvalue weighted by Gasteiger charge is -2.17. The molecule has 0 unspecified atom stereocenters. The molecule has 6 heteroatoms. The first-order valence-electron chi connectivity index (χ1n) is 6.11. The number of hydrogen-bond donors (Lipinski definition) is 2. The third-order valence-corrected chi connectivity index (χ3v) is 2.74. The molecule has 0 aliphatic carbocycles. The van der Waals surface area contributed by atoms with E-state index in [9.17, 15) is 9.59 Å². The smallest absolute Gasteiger partial charge is 0.317 e. The molecule has 0 aliphatic rings. The Labute approximate surface area is 122 Å². The maximum atomic E-state index is 11.8. The van der Waals surface area contributed by atoms with Gasteiger partial charge >= 0.3 is 5.97 Å². The summed E-state index contributed by atoms with van der Waals surface area (Å²) in [6.45, 7) is 4.23. The zero-order valence-corrected chi connectivity index (χ0v) is 11.8. The molecule has 20 heavy (non-hydrogen) atoms. The molecular weight excluding hydrogens is 280 g/mol. The molecule has 0 fully saturated rings. The lowest BCUT2D eigenvalue weighted by Crippen LogP contribution is -2.32. The van der Waals surface area contributed by atoms with Crippen LogP contribution in [0.3, 0.4) is 0 Å². The molecule has 108 valence electrons. The molecule has 0 radical (unpaired) electrons. The average Bonchev–Trinajstić information content (AvgIpc) is 2.35. The predicted octanol–water partition coefficient (Wildman–Crippen LogP) is 2.24. The number of halogens is 1. The third-order valence-electron chi connectivity index (χ3n) is 2.51. The van der Waals surface area contributed by atoms with E-state index in [1.54, 1.807) is 35.2 Å². The summed E-state index contributed by atoms with van der Waals surface area (Å²) < 4.78 is 0. The second-order valence-corrected chi connectivity index (χ2v) is 4.66. The van der Waals surface area contributed by atoms with Crippen molar-refractivity contribution in [3.8, 4) is 0 Å². The highest BCUT2D eigenvalue weighted by atomic mass is 35.5. The molecular formula is C14H17ClN2O3. The second-order valence-electron chi connectivity index (χ2n) is 4.23. The van der Waals surface area contributed by atoms with Crippen molar-refractivity contribution < 1.29 is 14.7 Å². The number of amides is 1. The largest absolute Gasteiger partial charge is 0.480 e. The summed E-state index contributed by atoms with van der Waals surface area (Å²) in [6.07, 6.45) is 1.81. The highest BCUT2D eigenvalue weighted by Gasteiger charge is 2.10. The molecule has 5 nitrogen and oxygen atoms in total. The van der Waals surface area contributed by atoms with Crippen molar-refractivity contribution in [3.63, 3.8) is 0 Å². The molecule has 0 atom stereocenters. The van der Waals surface area contributed by atoms with E-state index in [1.165, 1.54) is 0 Å². The van der Waals surface area contributed by atoms with Crippen LogP contribution in [0.5, 0.6) is 0 Å². The molecule has 0 saturated carbocycles. The molecule has 0 spiro atoms. The van der Waals surface area contributed by atoms with Gasteiger partial charge < -0.3 is 10.4 Å². The van der Waals surface area contributed by atoms with Crippen molar-refractivity contribution in [3.05, 3.63) is 41.9 Å². The number of aliphatic carboxylic acids is 1. The zero-order chi connectivity index (χ0) is 15.0. The maximum Gasteiger partial charge on any atom is 0.317 e. The summed E-state index contributed by atoms with van der Waals surface area (Å²) in [7, 11) is 0. The van der Waals surface area contributed by atoms with Crippen molar-refractivity contribution in [1.29, 1.82) is 0 Å². The molecule has 0 aliphatic heterocycles. The van der Waals surface area contributed by atoms with E-state index in [4.69, 9.17) is 16.7 Å². The van der Waals surface area contributed by atoms with Gasteiger partial charge in [0.1, 0.15) is 0 Å². The Morgan fingerprint density at radius 3 is 2.80 bits per heavy atom. The molecule has 1 rings (SSSR count). The normalized spacial score (nSPS) is 10.3. The standard InChI is InChI=1S/C14H17ClN2O3/c1-2-7-17(10-14(19)20)8-6-13(18)16-12-5-3-4-11(15)9-12/h2-5,9H,1,6-8,10H2,(H,16,18)(H,19,20). The number of carbonyl (C=O) groups is 2. The van der Waals surface area contributed by atoms with Crippen LogP contribution in [-0.4, -0.2) is 41.5 Å². The van der Waals surface area contributed by atoms with Crippen molar-refractivity contribution in [2.75, 3.05) is 25.0 Å². The van der Waals surface area contributed by atoms with Gasteiger partial charge in [-0.3, -0.25) is 14.5 Å². The van der Waals surface area contributed by atoms with E-state index in [-0.39, 0.29) is 18.9 Å². The van der Waals surface area contributed by atoms with Crippen LogP contribution in [-0.2, 0) is 9.59 Å². The van der Waals surface area contributed by atoms with Crippen LogP contribution >= 0.6 is 11.6 Å². The van der Waals surface area contributed by atoms with Crippen LogP contribution in [0.25, 0.3) is 0 Å². The molecule has 2 N–H and O–H groups in total. The topological polar surface area (TPSA) is 69.6 Å². The maximum absolute atomic E-state index is 11.8. The van der Waals surface area contributed by atoms with Crippen LogP contribution in [0, 0.1) is 0 Å². The van der Waals surface area contributed by atoms with Crippen LogP contribution in [0.1, 0.15) is 6.42 Å². The first kappa shape index (κ1) is 16.2. The number of hydrogen-bond acceptors (Lipinski definition) is 3. The van der Waals surface area contributed by atoms with Crippen LogP contribution in [0.4, 0.5) is 5.69 Å². The Morgan fingerprint density at radius 2 is 2.20 bits per heavy atom. The number of nitrogens with zero attached hydrogens (tertiary/aromatic N) is 1. The van der Waals surface area contributed by atoms with Gasteiger partial charge in [-0.05, 0) is 18.2 Å². The summed E-state index contributed by atoms with van der Waals surface area (Å²) in [4.78, 5) is 24.1. The van der Waals surface area contributed by atoms with Crippen LogP contribution in [0.15, 0.2) is 36.9 Å². The number of nitrogens with one attached hydrogen (secondary N) is 1. The third kappa shape index (κ3) is 6.36. The van der Waals surface area contributed by atoms with Crippen LogP contribution in [0.2, 0.25) is 5.02 Å². The Bertz CT molecular complexity index is 491. The fourth-order valence-electron chi connectivity index (χ4n) is 1.66. The fraction of sp³-hybridized carbons (Fsp3) is 0.286. The molecule has 0 heterocycles. The van der Waals surface area contributed by atoms with Gasteiger partial charge in [0.05, 0.1) is 6.54 Å². The van der Waals surface area contributed by atoms with E-state index in [1.807, 2.05) is 0 Å². The van der Waals surface area contributed by atoms with E-state index in [0.717, 1.165) is 0 Å². The molecule has 1 aromatic carbocycles. The van der Waals surface area contributed by atoms with Crippen molar-refractivity contribution >= 4 is 29.2 Å². The van der Waals surface area contributed by atoms with E-state index in [2.05, 4.69) is 11.9 Å². The first-order chi connectivity index (χ1) is 9.51. The van der Waals surface area contributed by atoms with E-state index >= 15 is 0 Å². The van der Waals surface area contributed by atoms with Gasteiger partial charge in [-0.2, -0.15) is 0 Å². The second kappa shape index (κ2) is 8.35. The highest BCUT2D eigenvalue weighted by molar-refractivity contribution is 6.30. The number of rotatable bonds is 8. The molecule has 1 aromatic rings. The minimum absolute atomic E-state index is 0.115. The Hall–Kier alpha value is -1.85. The fourth-order valence-corrected chi connectivity index (χ4v) is 1.85. The Balaban J connectivity index is 2.44. The monoisotopic (exact) mass is 296 g/mol.